The van der Waals surface area contributed by atoms with E-state index in [9.17, 15) is 19.5 Å². The van der Waals surface area contributed by atoms with Gasteiger partial charge in [-0.15, -0.1) is 0 Å². The van der Waals surface area contributed by atoms with Gasteiger partial charge in [-0.25, -0.2) is 9.78 Å². The molecule has 6 rings (SSSR count). The zero-order chi connectivity index (χ0) is 31.3. The number of benzene rings is 3. The second-order valence-corrected chi connectivity index (χ2v) is 12.3. The van der Waals surface area contributed by atoms with E-state index in [1.54, 1.807) is 17.0 Å². The van der Waals surface area contributed by atoms with Gasteiger partial charge in [-0.1, -0.05) is 73.9 Å². The molecule has 0 spiro atoms. The summed E-state index contributed by atoms with van der Waals surface area (Å²) in [7, 11) is 0. The zero-order valence-corrected chi connectivity index (χ0v) is 25.7. The summed E-state index contributed by atoms with van der Waals surface area (Å²) >= 11 is 0. The maximum atomic E-state index is 14.3. The molecule has 1 aromatic heterocycles. The molecule has 8 heteroatoms. The molecule has 0 radical (unpaired) electrons. The molecule has 3 aromatic carbocycles. The highest BCUT2D eigenvalue weighted by molar-refractivity contribution is 6.09. The van der Waals surface area contributed by atoms with Crippen LogP contribution in [0.2, 0.25) is 0 Å². The summed E-state index contributed by atoms with van der Waals surface area (Å²) in [4.78, 5) is 48.1. The van der Waals surface area contributed by atoms with Crippen LogP contribution in [0.5, 0.6) is 0 Å². The maximum absolute atomic E-state index is 14.3. The van der Waals surface area contributed by atoms with Crippen molar-refractivity contribution in [1.82, 2.24) is 20.1 Å². The average molecular weight is 605 g/mol. The van der Waals surface area contributed by atoms with Crippen molar-refractivity contribution in [2.75, 3.05) is 26.2 Å². The molecule has 0 unspecified atom stereocenters. The Morgan fingerprint density at radius 1 is 0.867 bits per heavy atom. The van der Waals surface area contributed by atoms with Crippen LogP contribution in [-0.4, -0.2) is 69.9 Å². The van der Waals surface area contributed by atoms with Gasteiger partial charge in [0.05, 0.1) is 22.3 Å². The van der Waals surface area contributed by atoms with Gasteiger partial charge in [-0.2, -0.15) is 0 Å². The highest BCUT2D eigenvalue weighted by Gasteiger charge is 2.29. The van der Waals surface area contributed by atoms with Crippen molar-refractivity contribution in [3.05, 3.63) is 101 Å². The van der Waals surface area contributed by atoms with Gasteiger partial charge in [-0.05, 0) is 49.9 Å². The van der Waals surface area contributed by atoms with Gasteiger partial charge in [-0.3, -0.25) is 14.5 Å². The topological polar surface area (TPSA) is 103 Å². The number of hydrogen-bond acceptors (Lipinski definition) is 5. The molecule has 4 aromatic rings. The lowest BCUT2D eigenvalue weighted by Gasteiger charge is -2.35. The van der Waals surface area contributed by atoms with Gasteiger partial charge in [0.15, 0.2) is 0 Å². The van der Waals surface area contributed by atoms with E-state index in [0.717, 1.165) is 40.6 Å². The average Bonchev–Trinajstić information content (AvgIpc) is 3.08. The fraction of sp³-hybridized carbons (Fsp3) is 0.351. The summed E-state index contributed by atoms with van der Waals surface area (Å²) < 4.78 is 0. The van der Waals surface area contributed by atoms with Crippen molar-refractivity contribution < 1.29 is 19.5 Å². The van der Waals surface area contributed by atoms with Crippen LogP contribution in [0.25, 0.3) is 22.2 Å². The van der Waals surface area contributed by atoms with Gasteiger partial charge in [0.2, 0.25) is 0 Å². The minimum absolute atomic E-state index is 0.0639. The van der Waals surface area contributed by atoms with Gasteiger partial charge >= 0.3 is 5.97 Å². The number of pyridine rings is 1. The van der Waals surface area contributed by atoms with Crippen LogP contribution < -0.4 is 5.32 Å². The molecule has 1 saturated carbocycles. The molecule has 1 atom stereocenters. The van der Waals surface area contributed by atoms with Crippen LogP contribution in [0.1, 0.15) is 75.7 Å². The number of carbonyl (C=O) groups is 3. The van der Waals surface area contributed by atoms with Crippen molar-refractivity contribution in [3.8, 4) is 11.3 Å². The Kier molecular flexibility index (Phi) is 9.21. The Morgan fingerprint density at radius 3 is 2.29 bits per heavy atom. The van der Waals surface area contributed by atoms with E-state index in [4.69, 9.17) is 4.98 Å². The number of carboxylic acids is 1. The summed E-state index contributed by atoms with van der Waals surface area (Å²) in [5.41, 5.74) is 4.58. The number of nitrogens with one attached hydrogen (secondary N) is 1. The second kappa shape index (κ2) is 13.6. The molecule has 2 N–H and O–H groups in total. The first kappa shape index (κ1) is 30.5. The molecule has 45 heavy (non-hydrogen) atoms. The van der Waals surface area contributed by atoms with E-state index in [2.05, 4.69) is 17.1 Å². The van der Waals surface area contributed by atoms with Crippen molar-refractivity contribution >= 4 is 28.7 Å². The fourth-order valence-electron chi connectivity index (χ4n) is 6.83. The predicted molar refractivity (Wildman–Crippen MR) is 175 cm³/mol. The van der Waals surface area contributed by atoms with E-state index in [1.165, 1.54) is 31.4 Å². The minimum atomic E-state index is -1.05. The molecule has 1 saturated heterocycles. The normalized spacial score (nSPS) is 16.8. The number of piperazine rings is 1. The van der Waals surface area contributed by atoms with Gasteiger partial charge in [0.25, 0.3) is 11.8 Å². The summed E-state index contributed by atoms with van der Waals surface area (Å²) in [5, 5.41) is 13.6. The monoisotopic (exact) mass is 604 g/mol. The number of aromatic carboxylic acids is 1. The summed E-state index contributed by atoms with van der Waals surface area (Å²) in [6, 6.07) is 24.2. The summed E-state index contributed by atoms with van der Waals surface area (Å²) in [6.45, 7) is 4.88. The van der Waals surface area contributed by atoms with Crippen molar-refractivity contribution in [1.29, 1.82) is 0 Å². The van der Waals surface area contributed by atoms with Gasteiger partial charge in [0, 0.05) is 60.8 Å². The number of amides is 2. The van der Waals surface area contributed by atoms with Crippen LogP contribution in [-0.2, 0) is 6.54 Å². The van der Waals surface area contributed by atoms with Crippen molar-refractivity contribution in [2.45, 2.75) is 51.6 Å². The third kappa shape index (κ3) is 6.76. The first-order valence-electron chi connectivity index (χ1n) is 16.0. The highest BCUT2D eigenvalue weighted by Crippen LogP contribution is 2.33. The van der Waals surface area contributed by atoms with Crippen LogP contribution in [0.4, 0.5) is 0 Å². The number of rotatable bonds is 8. The molecule has 232 valence electrons. The Morgan fingerprint density at radius 2 is 1.56 bits per heavy atom. The molecule has 2 amide bonds. The third-order valence-electron chi connectivity index (χ3n) is 9.38. The molecule has 1 aliphatic carbocycles. The fourth-order valence-corrected chi connectivity index (χ4v) is 6.83. The van der Waals surface area contributed by atoms with Crippen molar-refractivity contribution in [2.24, 2.45) is 5.92 Å². The van der Waals surface area contributed by atoms with E-state index in [0.29, 0.717) is 49.8 Å². The van der Waals surface area contributed by atoms with Gasteiger partial charge < -0.3 is 15.3 Å². The Bertz CT molecular complexity index is 1690. The predicted octanol–water partition coefficient (Wildman–Crippen LogP) is 6.26. The van der Waals surface area contributed by atoms with E-state index < -0.39 is 5.97 Å². The van der Waals surface area contributed by atoms with Crippen LogP contribution >= 0.6 is 0 Å². The summed E-state index contributed by atoms with van der Waals surface area (Å²) in [6.07, 6.45) is 5.98. The molecular formula is C37H40N4O4. The highest BCUT2D eigenvalue weighted by atomic mass is 16.4. The Hall–Kier alpha value is -4.56. The summed E-state index contributed by atoms with van der Waals surface area (Å²) in [5.74, 6) is -0.812. The standard InChI is InChI=1S/C37H40N4O4/c1-25(26-11-4-2-5-12-26)38-35(42)33-30-17-8-9-18-32(30)39-34(27-13-6-3-7-14-27)31(33)24-40-19-21-41(22-20-40)36(43)28-15-10-16-29(23-28)37(44)45/h3,6-10,13-18,23,25-26H,2,4-5,11-12,19-22,24H2,1H3,(H,38,42)(H,44,45)/t25-/m0/s1. The SMILES string of the molecule is C[C@H](NC(=O)c1c(CN2CCN(C(=O)c3cccc(C(=O)O)c3)CC2)c(-c2ccccc2)nc2ccccc12)C1CCCCC1. The molecule has 0 bridgehead atoms. The maximum Gasteiger partial charge on any atom is 0.335 e. The van der Waals surface area contributed by atoms with E-state index in [1.807, 2.05) is 54.6 Å². The molecule has 2 heterocycles. The first-order chi connectivity index (χ1) is 21.9. The van der Waals surface area contributed by atoms with Gasteiger partial charge in [0.1, 0.15) is 0 Å². The number of carboxylic acid groups (broad SMARTS) is 1. The number of nitrogens with zero attached hydrogens (tertiary/aromatic N) is 3. The quantitative estimate of drug-likeness (QED) is 0.246. The lowest BCUT2D eigenvalue weighted by molar-refractivity contribution is 0.0628. The Labute approximate surface area is 264 Å². The number of carbonyl (C=O) groups excluding carboxylic acids is 2. The van der Waals surface area contributed by atoms with E-state index in [-0.39, 0.29) is 23.4 Å². The lowest BCUT2D eigenvalue weighted by Crippen LogP contribution is -2.48. The van der Waals surface area contributed by atoms with Crippen LogP contribution in [0.15, 0.2) is 78.9 Å². The molecule has 8 nitrogen and oxygen atoms in total. The smallest absolute Gasteiger partial charge is 0.335 e. The molecule has 2 fully saturated rings. The third-order valence-corrected chi connectivity index (χ3v) is 9.38. The number of fused-ring (bicyclic) bond motifs is 1. The van der Waals surface area contributed by atoms with Crippen LogP contribution in [0.3, 0.4) is 0 Å². The first-order valence-corrected chi connectivity index (χ1v) is 16.0. The number of para-hydroxylation sites is 1. The molecule has 2 aliphatic rings. The Balaban J connectivity index is 1.30. The second-order valence-electron chi connectivity index (χ2n) is 12.3. The van der Waals surface area contributed by atoms with Crippen molar-refractivity contribution in [3.63, 3.8) is 0 Å². The van der Waals surface area contributed by atoms with E-state index >= 15 is 0 Å². The minimum Gasteiger partial charge on any atom is -0.478 e. The number of hydrogen-bond donors (Lipinski definition) is 2. The lowest BCUT2D eigenvalue weighted by atomic mass is 9.84. The molecular weight excluding hydrogens is 564 g/mol. The largest absolute Gasteiger partial charge is 0.478 e. The zero-order valence-electron chi connectivity index (χ0n) is 25.7. The van der Waals surface area contributed by atoms with Crippen LogP contribution in [0, 0.1) is 5.92 Å². The number of aromatic nitrogens is 1. The molecule has 1 aliphatic heterocycles.